The van der Waals surface area contributed by atoms with Gasteiger partial charge in [0.05, 0.1) is 0 Å². The zero-order valence-corrected chi connectivity index (χ0v) is 14.4. The van der Waals surface area contributed by atoms with Crippen molar-refractivity contribution >= 4 is 5.91 Å². The van der Waals surface area contributed by atoms with Crippen LogP contribution >= 0.6 is 0 Å². The van der Waals surface area contributed by atoms with Gasteiger partial charge in [-0.2, -0.15) is 0 Å². The first-order chi connectivity index (χ1) is 11.5. The smallest absolute Gasteiger partial charge is 0.260 e. The van der Waals surface area contributed by atoms with E-state index in [1.54, 1.807) is 48.5 Å². The highest BCUT2D eigenvalue weighted by Gasteiger charge is 2.10. The van der Waals surface area contributed by atoms with Gasteiger partial charge in [-0.25, -0.2) is 4.98 Å². The molecule has 0 bridgehead atoms. The highest BCUT2D eigenvalue weighted by atomic mass is 16.5. The number of carbonyl (C=O) groups excluding carboxylic acids is 1. The van der Waals surface area contributed by atoms with Crippen molar-refractivity contribution in [3.05, 3.63) is 48.7 Å². The largest absolute Gasteiger partial charge is 0.484 e. The molecule has 0 saturated heterocycles. The van der Waals surface area contributed by atoms with Crippen LogP contribution < -0.4 is 9.47 Å². The lowest BCUT2D eigenvalue weighted by atomic mass is 10.1. The predicted octanol–water partition coefficient (Wildman–Crippen LogP) is 3.76. The number of likely N-dealkylation sites (N-methyl/N-ethyl adjacent to an activating group) is 1. The minimum absolute atomic E-state index is 0.0236. The summed E-state index contributed by atoms with van der Waals surface area (Å²) in [5, 5.41) is 0. The molecule has 0 unspecified atom stereocenters. The Labute approximate surface area is 143 Å². The number of aromatic nitrogens is 1. The maximum atomic E-state index is 12.0. The van der Waals surface area contributed by atoms with Crippen molar-refractivity contribution in [2.75, 3.05) is 20.2 Å². The number of amides is 1. The molecule has 0 aliphatic rings. The molecule has 128 valence electrons. The third-order valence-electron chi connectivity index (χ3n) is 3.51. The molecule has 0 spiro atoms. The van der Waals surface area contributed by atoms with Crippen LogP contribution in [0.4, 0.5) is 0 Å². The molecule has 5 nitrogen and oxygen atoms in total. The molecule has 1 heterocycles. The first kappa shape index (κ1) is 17.8. The summed E-state index contributed by atoms with van der Waals surface area (Å²) in [5.74, 6) is 2.39. The van der Waals surface area contributed by atoms with Gasteiger partial charge < -0.3 is 14.4 Å². The molecule has 0 N–H and O–H groups in total. The van der Waals surface area contributed by atoms with E-state index in [2.05, 4.69) is 18.8 Å². The fourth-order valence-corrected chi connectivity index (χ4v) is 1.96. The molecular formula is C19H24N2O3. The van der Waals surface area contributed by atoms with Gasteiger partial charge in [0.15, 0.2) is 6.61 Å². The van der Waals surface area contributed by atoms with E-state index < -0.39 is 0 Å². The molecule has 0 radical (unpaired) electrons. The van der Waals surface area contributed by atoms with Crippen LogP contribution in [0, 0.1) is 5.92 Å². The average molecular weight is 328 g/mol. The van der Waals surface area contributed by atoms with E-state index in [1.165, 1.54) is 0 Å². The maximum Gasteiger partial charge on any atom is 0.260 e. The highest BCUT2D eigenvalue weighted by molar-refractivity contribution is 5.77. The summed E-state index contributed by atoms with van der Waals surface area (Å²) in [6.07, 6.45) is 2.66. The topological polar surface area (TPSA) is 51.7 Å². The molecule has 0 fully saturated rings. The normalized spacial score (nSPS) is 10.5. The Morgan fingerprint density at radius 1 is 1.12 bits per heavy atom. The quantitative estimate of drug-likeness (QED) is 0.740. The minimum Gasteiger partial charge on any atom is -0.484 e. The fraction of sp³-hybridized carbons (Fsp3) is 0.368. The number of nitrogens with zero attached hydrogens (tertiary/aromatic N) is 2. The Bertz CT molecular complexity index is 627. The first-order valence-corrected chi connectivity index (χ1v) is 8.10. The van der Waals surface area contributed by atoms with Gasteiger partial charge in [0.2, 0.25) is 5.88 Å². The number of hydrogen-bond donors (Lipinski definition) is 0. The van der Waals surface area contributed by atoms with Crippen LogP contribution in [-0.2, 0) is 4.79 Å². The lowest BCUT2D eigenvalue weighted by molar-refractivity contribution is -0.132. The van der Waals surface area contributed by atoms with Gasteiger partial charge in [0.1, 0.15) is 11.5 Å². The predicted molar refractivity (Wildman–Crippen MR) is 93.3 cm³/mol. The maximum absolute atomic E-state index is 12.0. The summed E-state index contributed by atoms with van der Waals surface area (Å²) in [5.41, 5.74) is 0. The third-order valence-corrected chi connectivity index (χ3v) is 3.51. The minimum atomic E-state index is -0.0236. The zero-order chi connectivity index (χ0) is 17.4. The van der Waals surface area contributed by atoms with Crippen molar-refractivity contribution in [1.29, 1.82) is 0 Å². The summed E-state index contributed by atoms with van der Waals surface area (Å²) in [7, 11) is 1.80. The number of benzene rings is 1. The standard InChI is InChI=1S/C19H24N2O3/c1-15(2)11-13-21(3)19(22)14-23-16-7-9-17(10-8-16)24-18-6-4-5-12-20-18/h4-10,12,15H,11,13-14H2,1-3H3. The summed E-state index contributed by atoms with van der Waals surface area (Å²) in [6, 6.07) is 12.6. The van der Waals surface area contributed by atoms with E-state index >= 15 is 0 Å². The Kier molecular flexibility index (Phi) is 6.61. The van der Waals surface area contributed by atoms with Crippen LogP contribution in [0.2, 0.25) is 0 Å². The van der Waals surface area contributed by atoms with E-state index in [9.17, 15) is 4.79 Å². The van der Waals surface area contributed by atoms with E-state index in [0.717, 1.165) is 13.0 Å². The van der Waals surface area contributed by atoms with Crippen LogP contribution in [0.1, 0.15) is 20.3 Å². The van der Waals surface area contributed by atoms with Gasteiger partial charge in [-0.15, -0.1) is 0 Å². The molecule has 24 heavy (non-hydrogen) atoms. The molecule has 2 rings (SSSR count). The average Bonchev–Trinajstić information content (AvgIpc) is 2.59. The molecule has 0 aliphatic carbocycles. The van der Waals surface area contributed by atoms with Gasteiger partial charge in [0.25, 0.3) is 5.91 Å². The van der Waals surface area contributed by atoms with E-state index in [1.807, 2.05) is 12.1 Å². The Balaban J connectivity index is 1.80. The SMILES string of the molecule is CC(C)CCN(C)C(=O)COc1ccc(Oc2ccccn2)cc1. The molecule has 1 aromatic carbocycles. The number of rotatable bonds is 8. The summed E-state index contributed by atoms with van der Waals surface area (Å²) < 4.78 is 11.1. The number of pyridine rings is 1. The molecule has 0 aliphatic heterocycles. The van der Waals surface area contributed by atoms with Crippen molar-refractivity contribution in [1.82, 2.24) is 9.88 Å². The Morgan fingerprint density at radius 3 is 2.46 bits per heavy atom. The number of ether oxygens (including phenoxy) is 2. The summed E-state index contributed by atoms with van der Waals surface area (Å²) >= 11 is 0. The lowest BCUT2D eigenvalue weighted by Crippen LogP contribution is -2.32. The second-order valence-electron chi connectivity index (χ2n) is 6.03. The first-order valence-electron chi connectivity index (χ1n) is 8.10. The molecule has 0 saturated carbocycles. The number of hydrogen-bond acceptors (Lipinski definition) is 4. The fourth-order valence-electron chi connectivity index (χ4n) is 1.96. The van der Waals surface area contributed by atoms with Crippen LogP contribution in [0.3, 0.4) is 0 Å². The second kappa shape index (κ2) is 8.91. The third kappa shape index (κ3) is 5.91. The Hall–Kier alpha value is -2.56. The van der Waals surface area contributed by atoms with Crippen LogP contribution in [0.25, 0.3) is 0 Å². The number of carbonyl (C=O) groups is 1. The van der Waals surface area contributed by atoms with Crippen LogP contribution in [0.5, 0.6) is 17.4 Å². The molecule has 2 aromatic rings. The van der Waals surface area contributed by atoms with Gasteiger partial charge in [-0.05, 0) is 42.7 Å². The lowest BCUT2D eigenvalue weighted by Gasteiger charge is -2.18. The van der Waals surface area contributed by atoms with Gasteiger partial charge in [-0.1, -0.05) is 19.9 Å². The molecular weight excluding hydrogens is 304 g/mol. The van der Waals surface area contributed by atoms with Crippen molar-refractivity contribution in [3.63, 3.8) is 0 Å². The van der Waals surface area contributed by atoms with E-state index in [0.29, 0.717) is 23.3 Å². The van der Waals surface area contributed by atoms with Crippen molar-refractivity contribution in [2.45, 2.75) is 20.3 Å². The van der Waals surface area contributed by atoms with E-state index in [-0.39, 0.29) is 12.5 Å². The van der Waals surface area contributed by atoms with Crippen molar-refractivity contribution < 1.29 is 14.3 Å². The molecule has 1 aromatic heterocycles. The molecule has 5 heteroatoms. The highest BCUT2D eigenvalue weighted by Crippen LogP contribution is 2.22. The zero-order valence-electron chi connectivity index (χ0n) is 14.4. The summed E-state index contributed by atoms with van der Waals surface area (Å²) in [4.78, 5) is 17.8. The van der Waals surface area contributed by atoms with Crippen LogP contribution in [-0.4, -0.2) is 36.0 Å². The van der Waals surface area contributed by atoms with Crippen molar-refractivity contribution in [2.24, 2.45) is 5.92 Å². The molecule has 0 atom stereocenters. The van der Waals surface area contributed by atoms with Crippen LogP contribution in [0.15, 0.2) is 48.7 Å². The van der Waals surface area contributed by atoms with Gasteiger partial charge in [-0.3, -0.25) is 4.79 Å². The molecule has 1 amide bonds. The Morgan fingerprint density at radius 2 is 1.83 bits per heavy atom. The summed E-state index contributed by atoms with van der Waals surface area (Å²) in [6.45, 7) is 5.07. The second-order valence-corrected chi connectivity index (χ2v) is 6.03. The van der Waals surface area contributed by atoms with Gasteiger partial charge in [0, 0.05) is 25.9 Å². The van der Waals surface area contributed by atoms with E-state index in [4.69, 9.17) is 9.47 Å². The van der Waals surface area contributed by atoms with Gasteiger partial charge >= 0.3 is 0 Å². The monoisotopic (exact) mass is 328 g/mol. The van der Waals surface area contributed by atoms with Crippen molar-refractivity contribution in [3.8, 4) is 17.4 Å².